The minimum atomic E-state index is -1.05. The van der Waals surface area contributed by atoms with Crippen LogP contribution in [0.1, 0.15) is 23.1 Å². The molecule has 1 aromatic heterocycles. The van der Waals surface area contributed by atoms with Gasteiger partial charge in [0.25, 0.3) is 11.7 Å². The number of aliphatic hydroxyl groups is 1. The van der Waals surface area contributed by atoms with Gasteiger partial charge in [-0.15, -0.1) is 0 Å². The molecule has 7 nitrogen and oxygen atoms in total. The lowest BCUT2D eigenvalue weighted by Crippen LogP contribution is -2.29. The molecule has 2 heterocycles. The van der Waals surface area contributed by atoms with Gasteiger partial charge in [0, 0.05) is 5.56 Å². The van der Waals surface area contributed by atoms with Gasteiger partial charge in [-0.05, 0) is 65.3 Å². The van der Waals surface area contributed by atoms with Crippen LogP contribution in [-0.4, -0.2) is 29.0 Å². The molecule has 1 unspecified atom stereocenters. The van der Waals surface area contributed by atoms with E-state index in [0.717, 1.165) is 4.90 Å². The molecule has 1 fully saturated rings. The summed E-state index contributed by atoms with van der Waals surface area (Å²) in [5.74, 6) is -0.895. The first kappa shape index (κ1) is 20.7. The van der Waals surface area contributed by atoms with Crippen LogP contribution in [0.4, 0.5) is 5.69 Å². The number of rotatable bonds is 4. The van der Waals surface area contributed by atoms with Crippen molar-refractivity contribution in [3.63, 3.8) is 0 Å². The van der Waals surface area contributed by atoms with E-state index in [-0.39, 0.29) is 28.5 Å². The van der Waals surface area contributed by atoms with Crippen molar-refractivity contribution in [1.29, 1.82) is 0 Å². The number of para-hydroxylation sites is 2. The first-order valence-corrected chi connectivity index (χ1v) is 10.1. The molecule has 0 bridgehead atoms. The van der Waals surface area contributed by atoms with E-state index in [4.69, 9.17) is 9.15 Å². The number of aryl methyl sites for hydroxylation is 1. The summed E-state index contributed by atoms with van der Waals surface area (Å²) in [7, 11) is 1.51. The number of Topliss-reactive ketones (excluding diaryl/α,β-unsaturated/α-hetero) is 1. The second kappa shape index (κ2) is 7.96. The maximum atomic E-state index is 13.0. The minimum absolute atomic E-state index is 0.138. The van der Waals surface area contributed by atoms with Crippen LogP contribution >= 0.6 is 15.9 Å². The highest BCUT2D eigenvalue weighted by atomic mass is 79.9. The summed E-state index contributed by atoms with van der Waals surface area (Å²) in [6.07, 6.45) is 0. The van der Waals surface area contributed by atoms with Crippen molar-refractivity contribution in [2.75, 3.05) is 12.0 Å². The number of hydrogen-bond acceptors (Lipinski definition) is 6. The Balaban J connectivity index is 1.95. The number of furan rings is 1. The lowest BCUT2D eigenvalue weighted by Gasteiger charge is -2.24. The zero-order valence-corrected chi connectivity index (χ0v) is 18.2. The predicted octanol–water partition coefficient (Wildman–Crippen LogP) is 4.69. The van der Waals surface area contributed by atoms with E-state index in [1.165, 1.54) is 19.2 Å². The van der Waals surface area contributed by atoms with Crippen molar-refractivity contribution in [3.05, 3.63) is 81.7 Å². The number of carbonyl (C=O) groups excluding carboxylic acids is 2. The van der Waals surface area contributed by atoms with Crippen LogP contribution in [0.25, 0.3) is 5.76 Å². The number of phenols is 1. The number of ketones is 1. The second-order valence-corrected chi connectivity index (χ2v) is 7.81. The first-order chi connectivity index (χ1) is 14.8. The smallest absolute Gasteiger partial charge is 0.300 e. The molecule has 0 saturated carbocycles. The lowest BCUT2D eigenvalue weighted by molar-refractivity contribution is -0.132. The Hall–Kier alpha value is -3.52. The summed E-state index contributed by atoms with van der Waals surface area (Å²) in [5.41, 5.74) is 0.314. The van der Waals surface area contributed by atoms with Crippen LogP contribution in [-0.2, 0) is 9.59 Å². The van der Waals surface area contributed by atoms with Gasteiger partial charge < -0.3 is 19.4 Å². The topological polar surface area (TPSA) is 100 Å². The Morgan fingerprint density at radius 2 is 1.87 bits per heavy atom. The normalized spacial score (nSPS) is 17.9. The van der Waals surface area contributed by atoms with Crippen LogP contribution in [0, 0.1) is 6.92 Å². The Morgan fingerprint density at radius 3 is 2.48 bits per heavy atom. The molecular formula is C23H18BrNO6. The van der Waals surface area contributed by atoms with Crippen LogP contribution < -0.4 is 9.64 Å². The number of hydrogen-bond donors (Lipinski definition) is 2. The fraction of sp³-hybridized carbons (Fsp3) is 0.130. The number of aromatic hydroxyl groups is 1. The van der Waals surface area contributed by atoms with Gasteiger partial charge in [-0.25, -0.2) is 0 Å². The highest BCUT2D eigenvalue weighted by Gasteiger charge is 2.49. The van der Waals surface area contributed by atoms with E-state index in [9.17, 15) is 19.8 Å². The Kier molecular flexibility index (Phi) is 5.32. The van der Waals surface area contributed by atoms with Gasteiger partial charge in [-0.1, -0.05) is 12.1 Å². The highest BCUT2D eigenvalue weighted by molar-refractivity contribution is 9.10. The summed E-state index contributed by atoms with van der Waals surface area (Å²) in [4.78, 5) is 27.2. The minimum Gasteiger partial charge on any atom is -0.507 e. The fourth-order valence-electron chi connectivity index (χ4n) is 3.59. The van der Waals surface area contributed by atoms with Gasteiger partial charge in [0.2, 0.25) is 0 Å². The molecule has 0 aliphatic carbocycles. The second-order valence-electron chi connectivity index (χ2n) is 6.96. The number of methoxy groups -OCH3 is 1. The molecule has 1 saturated heterocycles. The largest absolute Gasteiger partial charge is 0.507 e. The van der Waals surface area contributed by atoms with Crippen molar-refractivity contribution in [3.8, 4) is 11.5 Å². The third-order valence-corrected chi connectivity index (χ3v) is 5.66. The SMILES string of the molecule is COc1ccc(/C(O)=C2/C(=O)C(=O)N(c3ccccc3O)C2c2ccc(C)o2)cc1Br. The summed E-state index contributed by atoms with van der Waals surface area (Å²) in [5, 5.41) is 21.4. The van der Waals surface area contributed by atoms with Crippen LogP contribution in [0.2, 0.25) is 0 Å². The Morgan fingerprint density at radius 1 is 1.13 bits per heavy atom. The van der Waals surface area contributed by atoms with Crippen molar-refractivity contribution in [1.82, 2.24) is 0 Å². The van der Waals surface area contributed by atoms with Crippen molar-refractivity contribution >= 4 is 39.1 Å². The summed E-state index contributed by atoms with van der Waals surface area (Å²) >= 11 is 3.36. The van der Waals surface area contributed by atoms with E-state index in [2.05, 4.69) is 15.9 Å². The number of amides is 1. The van der Waals surface area contributed by atoms with Gasteiger partial charge >= 0.3 is 0 Å². The number of anilines is 1. The molecule has 4 rings (SSSR count). The molecule has 1 atom stereocenters. The van der Waals surface area contributed by atoms with E-state index in [0.29, 0.717) is 21.5 Å². The van der Waals surface area contributed by atoms with Crippen LogP contribution in [0.5, 0.6) is 11.5 Å². The number of halogens is 1. The van der Waals surface area contributed by atoms with Crippen molar-refractivity contribution in [2.45, 2.75) is 13.0 Å². The van der Waals surface area contributed by atoms with Gasteiger partial charge in [0.1, 0.15) is 34.8 Å². The monoisotopic (exact) mass is 483 g/mol. The van der Waals surface area contributed by atoms with E-state index < -0.39 is 17.7 Å². The number of ether oxygens (including phenoxy) is 1. The fourth-order valence-corrected chi connectivity index (χ4v) is 4.13. The summed E-state index contributed by atoms with van der Waals surface area (Å²) < 4.78 is 11.5. The molecular weight excluding hydrogens is 466 g/mol. The molecule has 8 heteroatoms. The molecule has 1 amide bonds. The number of nitrogens with zero attached hydrogens (tertiary/aromatic N) is 1. The zero-order chi connectivity index (χ0) is 22.3. The van der Waals surface area contributed by atoms with Gasteiger partial charge in [-0.3, -0.25) is 14.5 Å². The molecule has 0 spiro atoms. The molecule has 2 N–H and O–H groups in total. The van der Waals surface area contributed by atoms with E-state index >= 15 is 0 Å². The summed E-state index contributed by atoms with van der Waals surface area (Å²) in [6, 6.07) is 13.3. The molecule has 2 aromatic carbocycles. The molecule has 158 valence electrons. The summed E-state index contributed by atoms with van der Waals surface area (Å²) in [6.45, 7) is 1.73. The molecule has 1 aliphatic heterocycles. The van der Waals surface area contributed by atoms with Gasteiger partial charge in [0.15, 0.2) is 0 Å². The van der Waals surface area contributed by atoms with Crippen LogP contribution in [0.3, 0.4) is 0 Å². The Bertz CT molecular complexity index is 1230. The molecule has 1 aliphatic rings. The maximum absolute atomic E-state index is 13.0. The quantitative estimate of drug-likeness (QED) is 0.317. The van der Waals surface area contributed by atoms with E-state index in [1.807, 2.05) is 0 Å². The van der Waals surface area contributed by atoms with E-state index in [1.54, 1.807) is 49.4 Å². The van der Waals surface area contributed by atoms with Gasteiger partial charge in [0.05, 0.1) is 22.8 Å². The number of benzene rings is 2. The lowest BCUT2D eigenvalue weighted by atomic mass is 9.99. The average Bonchev–Trinajstić information content (AvgIpc) is 3.29. The number of aliphatic hydroxyl groups excluding tert-OH is 1. The average molecular weight is 484 g/mol. The Labute approximate surface area is 186 Å². The zero-order valence-electron chi connectivity index (χ0n) is 16.6. The standard InChI is InChI=1S/C23H18BrNO6/c1-12-7-9-18(31-12)20-19(21(27)13-8-10-17(30-2)14(24)11-13)22(28)23(29)25(20)15-5-3-4-6-16(15)26/h3-11,20,26-27H,1-2H3/b21-19-. The number of phenolic OH excluding ortho intramolecular Hbond substituents is 1. The van der Waals surface area contributed by atoms with Gasteiger partial charge in [-0.2, -0.15) is 0 Å². The molecule has 31 heavy (non-hydrogen) atoms. The molecule has 0 radical (unpaired) electrons. The first-order valence-electron chi connectivity index (χ1n) is 9.32. The van der Waals surface area contributed by atoms with Crippen LogP contribution in [0.15, 0.2) is 69.1 Å². The van der Waals surface area contributed by atoms with Crippen molar-refractivity contribution in [2.24, 2.45) is 0 Å². The predicted molar refractivity (Wildman–Crippen MR) is 117 cm³/mol. The number of carbonyl (C=O) groups is 2. The highest BCUT2D eigenvalue weighted by Crippen LogP contribution is 2.45. The third kappa shape index (κ3) is 3.48. The molecule has 3 aromatic rings. The maximum Gasteiger partial charge on any atom is 0.300 e. The third-order valence-electron chi connectivity index (χ3n) is 5.04. The van der Waals surface area contributed by atoms with Crippen molar-refractivity contribution < 1.29 is 29.0 Å².